The van der Waals surface area contributed by atoms with Crippen molar-refractivity contribution >= 4 is 5.91 Å². The van der Waals surface area contributed by atoms with Gasteiger partial charge in [0, 0.05) is 24.2 Å². The minimum atomic E-state index is -4.52. The fraction of sp³-hybridized carbons (Fsp3) is 0.130. The van der Waals surface area contributed by atoms with Gasteiger partial charge in [-0.05, 0) is 30.7 Å². The highest BCUT2D eigenvalue weighted by Crippen LogP contribution is 2.28. The Balaban J connectivity index is 1.63. The Bertz CT molecular complexity index is 1210. The molecular formula is C23H18F3N5O. The lowest BCUT2D eigenvalue weighted by atomic mass is 10.1. The maximum Gasteiger partial charge on any atom is 0.433 e. The molecule has 4 aromatic rings. The van der Waals surface area contributed by atoms with Crippen LogP contribution < -0.4 is 5.32 Å². The van der Waals surface area contributed by atoms with Crippen molar-refractivity contribution in [1.29, 1.82) is 0 Å². The van der Waals surface area contributed by atoms with E-state index in [4.69, 9.17) is 0 Å². The van der Waals surface area contributed by atoms with Crippen LogP contribution in [0, 0.1) is 0 Å². The van der Waals surface area contributed by atoms with Crippen LogP contribution in [0.25, 0.3) is 17.1 Å². The van der Waals surface area contributed by atoms with Gasteiger partial charge in [-0.25, -0.2) is 9.67 Å². The van der Waals surface area contributed by atoms with Crippen molar-refractivity contribution in [3.8, 4) is 17.1 Å². The number of carbonyl (C=O) groups excluding carboxylic acids is 1. The van der Waals surface area contributed by atoms with E-state index in [0.717, 1.165) is 17.8 Å². The van der Waals surface area contributed by atoms with Crippen LogP contribution in [0.5, 0.6) is 0 Å². The number of carbonyl (C=O) groups is 1. The summed E-state index contributed by atoms with van der Waals surface area (Å²) in [6.07, 6.45) is -0.199. The largest absolute Gasteiger partial charge is 0.433 e. The molecular weight excluding hydrogens is 419 g/mol. The molecule has 0 aliphatic rings. The second kappa shape index (κ2) is 8.62. The van der Waals surface area contributed by atoms with Gasteiger partial charge in [0.1, 0.15) is 11.4 Å². The number of rotatable bonds is 5. The van der Waals surface area contributed by atoms with Crippen molar-refractivity contribution in [2.45, 2.75) is 19.1 Å². The van der Waals surface area contributed by atoms with Gasteiger partial charge in [-0.3, -0.25) is 9.78 Å². The van der Waals surface area contributed by atoms with Crippen molar-refractivity contribution in [1.82, 2.24) is 25.1 Å². The zero-order chi connectivity index (χ0) is 22.7. The normalized spacial score (nSPS) is 12.4. The third kappa shape index (κ3) is 4.51. The Morgan fingerprint density at radius 3 is 2.38 bits per heavy atom. The van der Waals surface area contributed by atoms with E-state index < -0.39 is 23.8 Å². The molecule has 1 amide bonds. The quantitative estimate of drug-likeness (QED) is 0.485. The van der Waals surface area contributed by atoms with Crippen LogP contribution in [0.3, 0.4) is 0 Å². The SMILES string of the molecule is C[C@@H](NC(=O)c1cn(-c2ccccn2)nc1-c1ccccc1)c1ccc(C(F)(F)F)nc1. The average Bonchev–Trinajstić information content (AvgIpc) is 3.25. The van der Waals surface area contributed by atoms with Gasteiger partial charge >= 0.3 is 6.18 Å². The number of amides is 1. The van der Waals surface area contributed by atoms with Crippen molar-refractivity contribution < 1.29 is 18.0 Å². The molecule has 0 unspecified atom stereocenters. The maximum absolute atomic E-state index is 13.1. The lowest BCUT2D eigenvalue weighted by Crippen LogP contribution is -2.27. The average molecular weight is 437 g/mol. The molecule has 4 rings (SSSR count). The van der Waals surface area contributed by atoms with E-state index in [-0.39, 0.29) is 0 Å². The Labute approximate surface area is 181 Å². The first-order valence-electron chi connectivity index (χ1n) is 9.73. The number of pyridine rings is 2. The van der Waals surface area contributed by atoms with Crippen molar-refractivity contribution in [2.24, 2.45) is 0 Å². The monoisotopic (exact) mass is 437 g/mol. The summed E-state index contributed by atoms with van der Waals surface area (Å²) in [5.41, 5.74) is 0.990. The van der Waals surface area contributed by atoms with Gasteiger partial charge < -0.3 is 5.32 Å². The number of benzene rings is 1. The Morgan fingerprint density at radius 2 is 1.75 bits per heavy atom. The van der Waals surface area contributed by atoms with E-state index in [1.54, 1.807) is 31.5 Å². The molecule has 6 nitrogen and oxygen atoms in total. The van der Waals surface area contributed by atoms with Gasteiger partial charge in [0.05, 0.1) is 11.6 Å². The van der Waals surface area contributed by atoms with E-state index in [1.807, 2.05) is 36.4 Å². The number of nitrogens with zero attached hydrogens (tertiary/aromatic N) is 4. The van der Waals surface area contributed by atoms with Crippen molar-refractivity contribution in [3.63, 3.8) is 0 Å². The molecule has 0 saturated carbocycles. The van der Waals surface area contributed by atoms with E-state index in [2.05, 4.69) is 20.4 Å². The first-order chi connectivity index (χ1) is 15.3. The molecule has 3 aromatic heterocycles. The first kappa shape index (κ1) is 21.2. The molecule has 0 fully saturated rings. The van der Waals surface area contributed by atoms with Crippen molar-refractivity contribution in [3.05, 3.63) is 96.1 Å². The van der Waals surface area contributed by atoms with Crippen molar-refractivity contribution in [2.75, 3.05) is 0 Å². The van der Waals surface area contributed by atoms with Crippen LogP contribution in [0.15, 0.2) is 79.3 Å². The minimum Gasteiger partial charge on any atom is -0.345 e. The number of hydrogen-bond acceptors (Lipinski definition) is 4. The van der Waals surface area contributed by atoms with Gasteiger partial charge in [-0.15, -0.1) is 0 Å². The molecule has 0 spiro atoms. The summed E-state index contributed by atoms with van der Waals surface area (Å²) in [5, 5.41) is 7.36. The summed E-state index contributed by atoms with van der Waals surface area (Å²) in [5.74, 6) is 0.127. The van der Waals surface area contributed by atoms with Gasteiger partial charge in [0.25, 0.3) is 5.91 Å². The van der Waals surface area contributed by atoms with E-state index >= 15 is 0 Å². The smallest absolute Gasteiger partial charge is 0.345 e. The second-order valence-electron chi connectivity index (χ2n) is 7.06. The highest BCUT2D eigenvalue weighted by atomic mass is 19.4. The minimum absolute atomic E-state index is 0.313. The van der Waals surface area contributed by atoms with Gasteiger partial charge in [0.15, 0.2) is 5.82 Å². The van der Waals surface area contributed by atoms with Crippen LogP contribution in [0.2, 0.25) is 0 Å². The molecule has 0 radical (unpaired) electrons. The first-order valence-corrected chi connectivity index (χ1v) is 9.73. The molecule has 0 bridgehead atoms. The molecule has 0 aliphatic carbocycles. The fourth-order valence-electron chi connectivity index (χ4n) is 3.14. The van der Waals surface area contributed by atoms with E-state index in [1.165, 1.54) is 10.7 Å². The van der Waals surface area contributed by atoms with Gasteiger partial charge in [0.2, 0.25) is 0 Å². The summed E-state index contributed by atoms with van der Waals surface area (Å²) in [4.78, 5) is 20.8. The highest BCUT2D eigenvalue weighted by Gasteiger charge is 2.32. The van der Waals surface area contributed by atoms with E-state index in [9.17, 15) is 18.0 Å². The molecule has 0 saturated heterocycles. The van der Waals surface area contributed by atoms with Gasteiger partial charge in [-0.1, -0.05) is 42.5 Å². The lowest BCUT2D eigenvalue weighted by Gasteiger charge is -2.15. The number of nitrogens with one attached hydrogen (secondary N) is 1. The summed E-state index contributed by atoms with van der Waals surface area (Å²) in [6, 6.07) is 16.2. The molecule has 3 heterocycles. The van der Waals surface area contributed by atoms with Crippen LogP contribution in [-0.2, 0) is 6.18 Å². The van der Waals surface area contributed by atoms with Gasteiger partial charge in [-0.2, -0.15) is 18.3 Å². The number of alkyl halides is 3. The summed E-state index contributed by atoms with van der Waals surface area (Å²) >= 11 is 0. The van der Waals surface area contributed by atoms with Crippen LogP contribution >= 0.6 is 0 Å². The molecule has 32 heavy (non-hydrogen) atoms. The summed E-state index contributed by atoms with van der Waals surface area (Å²) in [7, 11) is 0. The summed E-state index contributed by atoms with van der Waals surface area (Å²) in [6.45, 7) is 1.67. The van der Waals surface area contributed by atoms with Crippen LogP contribution in [0.1, 0.15) is 34.6 Å². The maximum atomic E-state index is 13.1. The fourth-order valence-corrected chi connectivity index (χ4v) is 3.14. The lowest BCUT2D eigenvalue weighted by molar-refractivity contribution is -0.141. The zero-order valence-corrected chi connectivity index (χ0v) is 16.9. The number of aromatic nitrogens is 4. The Morgan fingerprint density at radius 1 is 1.00 bits per heavy atom. The standard InChI is InChI=1S/C23H18F3N5O/c1-15(17-10-11-19(28-13-17)23(24,25)26)29-22(32)18-14-31(20-9-5-6-12-27-20)30-21(18)16-7-3-2-4-8-16/h2-15H,1H3,(H,29,32)/t15-/m1/s1. The van der Waals surface area contributed by atoms with Crippen LogP contribution in [0.4, 0.5) is 13.2 Å². The molecule has 0 aliphatic heterocycles. The Hall–Kier alpha value is -4.01. The Kier molecular flexibility index (Phi) is 5.72. The second-order valence-corrected chi connectivity index (χ2v) is 7.06. The summed E-state index contributed by atoms with van der Waals surface area (Å²) < 4.78 is 39.8. The zero-order valence-electron chi connectivity index (χ0n) is 16.9. The molecule has 1 N–H and O–H groups in total. The highest BCUT2D eigenvalue weighted by molar-refractivity contribution is 6.00. The third-order valence-corrected chi connectivity index (χ3v) is 4.81. The van der Waals surface area contributed by atoms with E-state index in [0.29, 0.717) is 22.6 Å². The number of hydrogen-bond donors (Lipinski definition) is 1. The molecule has 162 valence electrons. The topological polar surface area (TPSA) is 72.7 Å². The molecule has 9 heteroatoms. The number of halogens is 3. The molecule has 1 atom stereocenters. The molecule has 1 aromatic carbocycles. The predicted octanol–water partition coefficient (Wildman–Crippen LogP) is 4.84. The third-order valence-electron chi connectivity index (χ3n) is 4.81. The predicted molar refractivity (Wildman–Crippen MR) is 112 cm³/mol. The van der Waals surface area contributed by atoms with Crippen LogP contribution in [-0.4, -0.2) is 25.7 Å².